The van der Waals surface area contributed by atoms with Crippen molar-refractivity contribution in [3.05, 3.63) is 0 Å². The summed E-state index contributed by atoms with van der Waals surface area (Å²) in [4.78, 5) is 0. The number of hydrogen-bond donors (Lipinski definition) is 2. The highest BCUT2D eigenvalue weighted by Gasteiger charge is 2.50. The molecule has 2 fully saturated rings. The van der Waals surface area contributed by atoms with E-state index in [1.54, 1.807) is 0 Å². The van der Waals surface area contributed by atoms with Gasteiger partial charge in [0.25, 0.3) is 0 Å². The Bertz CT molecular complexity index is 369. The second-order valence-corrected chi connectivity index (χ2v) is 8.33. The van der Waals surface area contributed by atoms with Gasteiger partial charge < -0.3 is 10.8 Å². The van der Waals surface area contributed by atoms with Crippen LogP contribution in [0.2, 0.25) is 0 Å². The molecule has 1 saturated carbocycles. The van der Waals surface area contributed by atoms with Crippen molar-refractivity contribution in [2.24, 2.45) is 11.7 Å². The Labute approximate surface area is 104 Å². The molecule has 5 heteroatoms. The summed E-state index contributed by atoms with van der Waals surface area (Å²) in [6.07, 6.45) is 4.21. The van der Waals surface area contributed by atoms with E-state index >= 15 is 0 Å². The standard InChI is InChI=1S/C12H23NO3S/c1-10-2-4-12(14,5-3-10)11(13)6-8-17(15,16)9-7-11/h10,14H,2-9,13H2,1H3. The van der Waals surface area contributed by atoms with Gasteiger partial charge in [-0.05, 0) is 44.4 Å². The first-order valence-electron chi connectivity index (χ1n) is 6.48. The van der Waals surface area contributed by atoms with Gasteiger partial charge in [-0.1, -0.05) is 6.92 Å². The predicted octanol–water partition coefficient (Wildman–Crippen LogP) is 0.834. The first-order chi connectivity index (χ1) is 7.77. The van der Waals surface area contributed by atoms with E-state index < -0.39 is 21.0 Å². The fourth-order valence-corrected chi connectivity index (χ4v) is 4.66. The van der Waals surface area contributed by atoms with E-state index in [9.17, 15) is 13.5 Å². The van der Waals surface area contributed by atoms with Crippen LogP contribution in [0, 0.1) is 5.92 Å². The van der Waals surface area contributed by atoms with Gasteiger partial charge in [0.1, 0.15) is 9.84 Å². The molecule has 0 aromatic heterocycles. The summed E-state index contributed by atoms with van der Waals surface area (Å²) in [5.41, 5.74) is 4.77. The molecule has 2 aliphatic rings. The Morgan fingerprint density at radius 2 is 1.59 bits per heavy atom. The number of nitrogens with two attached hydrogens (primary N) is 1. The molecule has 0 aromatic rings. The van der Waals surface area contributed by atoms with Crippen molar-refractivity contribution < 1.29 is 13.5 Å². The SMILES string of the molecule is CC1CCC(O)(C2(N)CCS(=O)(=O)CC2)CC1. The molecule has 1 saturated heterocycles. The van der Waals surface area contributed by atoms with E-state index in [2.05, 4.69) is 6.92 Å². The summed E-state index contributed by atoms with van der Waals surface area (Å²) in [7, 11) is -2.92. The van der Waals surface area contributed by atoms with Crippen LogP contribution in [0.1, 0.15) is 45.4 Å². The van der Waals surface area contributed by atoms with Crippen LogP contribution in [0.15, 0.2) is 0 Å². The molecule has 1 aliphatic heterocycles. The molecule has 100 valence electrons. The maximum Gasteiger partial charge on any atom is 0.150 e. The third-order valence-electron chi connectivity index (χ3n) is 4.75. The molecule has 1 aliphatic carbocycles. The average molecular weight is 261 g/mol. The van der Waals surface area contributed by atoms with E-state index in [-0.39, 0.29) is 11.5 Å². The van der Waals surface area contributed by atoms with Crippen molar-refractivity contribution in [1.82, 2.24) is 0 Å². The number of aliphatic hydroxyl groups is 1. The van der Waals surface area contributed by atoms with E-state index in [1.165, 1.54) is 0 Å². The topological polar surface area (TPSA) is 80.4 Å². The first kappa shape index (κ1) is 13.3. The van der Waals surface area contributed by atoms with Crippen LogP contribution >= 0.6 is 0 Å². The lowest BCUT2D eigenvalue weighted by molar-refractivity contribution is -0.0760. The molecule has 0 amide bonds. The highest BCUT2D eigenvalue weighted by atomic mass is 32.2. The van der Waals surface area contributed by atoms with Crippen LogP contribution in [0.3, 0.4) is 0 Å². The molecule has 0 unspecified atom stereocenters. The highest BCUT2D eigenvalue weighted by Crippen LogP contribution is 2.42. The number of sulfone groups is 1. The van der Waals surface area contributed by atoms with Crippen LogP contribution in [-0.4, -0.2) is 36.2 Å². The fraction of sp³-hybridized carbons (Fsp3) is 1.00. The molecule has 4 nitrogen and oxygen atoms in total. The lowest BCUT2D eigenvalue weighted by Crippen LogP contribution is -2.64. The molecule has 0 spiro atoms. The molecule has 1 heterocycles. The predicted molar refractivity (Wildman–Crippen MR) is 67.4 cm³/mol. The summed E-state index contributed by atoms with van der Waals surface area (Å²) in [6.45, 7) is 2.19. The van der Waals surface area contributed by atoms with Gasteiger partial charge in [0, 0.05) is 5.54 Å². The van der Waals surface area contributed by atoms with Crippen molar-refractivity contribution in [3.63, 3.8) is 0 Å². The summed E-state index contributed by atoms with van der Waals surface area (Å²) < 4.78 is 22.9. The van der Waals surface area contributed by atoms with Gasteiger partial charge in [0.2, 0.25) is 0 Å². The smallest absolute Gasteiger partial charge is 0.150 e. The third kappa shape index (κ3) is 2.51. The molecule has 0 aromatic carbocycles. The van der Waals surface area contributed by atoms with Gasteiger partial charge >= 0.3 is 0 Å². The molecule has 0 atom stereocenters. The van der Waals surface area contributed by atoms with Gasteiger partial charge in [-0.15, -0.1) is 0 Å². The first-order valence-corrected chi connectivity index (χ1v) is 8.30. The number of hydrogen-bond acceptors (Lipinski definition) is 4. The van der Waals surface area contributed by atoms with Gasteiger partial charge in [-0.3, -0.25) is 0 Å². The Balaban J connectivity index is 2.11. The van der Waals surface area contributed by atoms with Crippen molar-refractivity contribution in [2.45, 2.75) is 56.6 Å². The number of rotatable bonds is 1. The van der Waals surface area contributed by atoms with E-state index in [4.69, 9.17) is 5.73 Å². The summed E-state index contributed by atoms with van der Waals surface area (Å²) in [6, 6.07) is 0. The normalized spacial score (nSPS) is 41.0. The third-order valence-corrected chi connectivity index (χ3v) is 6.40. The lowest BCUT2D eigenvalue weighted by atomic mass is 9.66. The lowest BCUT2D eigenvalue weighted by Gasteiger charge is -2.49. The van der Waals surface area contributed by atoms with Crippen LogP contribution in [0.5, 0.6) is 0 Å². The summed E-state index contributed by atoms with van der Waals surface area (Å²) >= 11 is 0. The highest BCUT2D eigenvalue weighted by molar-refractivity contribution is 7.91. The van der Waals surface area contributed by atoms with E-state index in [0.29, 0.717) is 31.6 Å². The quantitative estimate of drug-likeness (QED) is 0.733. The van der Waals surface area contributed by atoms with Crippen LogP contribution in [0.25, 0.3) is 0 Å². The van der Waals surface area contributed by atoms with Crippen molar-refractivity contribution in [2.75, 3.05) is 11.5 Å². The maximum atomic E-state index is 11.4. The molecule has 0 bridgehead atoms. The molecule has 0 radical (unpaired) electrons. The molecular weight excluding hydrogens is 238 g/mol. The van der Waals surface area contributed by atoms with E-state index in [0.717, 1.165) is 12.8 Å². The zero-order valence-corrected chi connectivity index (χ0v) is 11.3. The van der Waals surface area contributed by atoms with Gasteiger partial charge in [0.05, 0.1) is 17.1 Å². The van der Waals surface area contributed by atoms with Gasteiger partial charge in [-0.2, -0.15) is 0 Å². The molecule has 2 rings (SSSR count). The monoisotopic (exact) mass is 261 g/mol. The average Bonchev–Trinajstić information content (AvgIpc) is 2.27. The maximum absolute atomic E-state index is 11.4. The van der Waals surface area contributed by atoms with Crippen molar-refractivity contribution in [1.29, 1.82) is 0 Å². The Kier molecular flexibility index (Phi) is 3.30. The van der Waals surface area contributed by atoms with Crippen LogP contribution in [0.4, 0.5) is 0 Å². The zero-order valence-electron chi connectivity index (χ0n) is 10.5. The van der Waals surface area contributed by atoms with Crippen LogP contribution < -0.4 is 5.73 Å². The Hall–Kier alpha value is -0.130. The van der Waals surface area contributed by atoms with E-state index in [1.807, 2.05) is 0 Å². The zero-order chi connectivity index (χ0) is 12.7. The van der Waals surface area contributed by atoms with Gasteiger partial charge in [-0.25, -0.2) is 8.42 Å². The summed E-state index contributed by atoms with van der Waals surface area (Å²) in [5.74, 6) is 0.897. The Morgan fingerprint density at radius 3 is 2.06 bits per heavy atom. The van der Waals surface area contributed by atoms with Gasteiger partial charge in [0.15, 0.2) is 0 Å². The second-order valence-electron chi connectivity index (χ2n) is 6.02. The second kappa shape index (κ2) is 4.21. The minimum atomic E-state index is -2.92. The summed E-state index contributed by atoms with van der Waals surface area (Å²) in [5, 5.41) is 10.7. The van der Waals surface area contributed by atoms with Crippen LogP contribution in [-0.2, 0) is 9.84 Å². The van der Waals surface area contributed by atoms with Crippen molar-refractivity contribution >= 4 is 9.84 Å². The van der Waals surface area contributed by atoms with Crippen molar-refractivity contribution in [3.8, 4) is 0 Å². The minimum Gasteiger partial charge on any atom is -0.388 e. The molecule has 3 N–H and O–H groups in total. The minimum absolute atomic E-state index is 0.126. The largest absolute Gasteiger partial charge is 0.388 e. The molecular formula is C12H23NO3S. The Morgan fingerprint density at radius 1 is 1.12 bits per heavy atom. The fourth-order valence-electron chi connectivity index (χ4n) is 3.11. The molecule has 17 heavy (non-hydrogen) atoms.